The summed E-state index contributed by atoms with van der Waals surface area (Å²) in [6.07, 6.45) is 7.46. The predicted octanol–water partition coefficient (Wildman–Crippen LogP) is 7.05. The highest BCUT2D eigenvalue weighted by atomic mass is 19.1. The SMILES string of the molecule is Cc1cc(-c2ccc(C3CCc4ccc([C@H](C5CC5)[C@H](C)C(=O)O)cc4O3)cc2CN2CCC3CCOC32)c(F)cn1. The van der Waals surface area contributed by atoms with Gasteiger partial charge in [0.25, 0.3) is 0 Å². The van der Waals surface area contributed by atoms with Crippen LogP contribution in [0, 0.1) is 30.5 Å². The normalized spacial score (nSPS) is 25.0. The van der Waals surface area contributed by atoms with E-state index in [1.54, 1.807) is 0 Å². The summed E-state index contributed by atoms with van der Waals surface area (Å²) in [5.74, 6) is 0.364. The van der Waals surface area contributed by atoms with Gasteiger partial charge in [0, 0.05) is 36.9 Å². The number of halogens is 1. The van der Waals surface area contributed by atoms with Crippen molar-refractivity contribution in [3.8, 4) is 16.9 Å². The fourth-order valence-corrected chi connectivity index (χ4v) is 7.52. The molecule has 1 N–H and O–H groups in total. The number of nitrogens with zero attached hydrogens (tertiary/aromatic N) is 2. The summed E-state index contributed by atoms with van der Waals surface area (Å²) in [6, 6.07) is 14.5. The zero-order valence-electron chi connectivity index (χ0n) is 24.4. The van der Waals surface area contributed by atoms with E-state index in [-0.39, 0.29) is 24.1 Å². The highest BCUT2D eigenvalue weighted by Gasteiger charge is 2.40. The summed E-state index contributed by atoms with van der Waals surface area (Å²) in [5, 5.41) is 9.77. The average molecular weight is 571 g/mol. The van der Waals surface area contributed by atoms with Crippen molar-refractivity contribution in [2.24, 2.45) is 17.8 Å². The van der Waals surface area contributed by atoms with Crippen molar-refractivity contribution in [3.63, 3.8) is 0 Å². The van der Waals surface area contributed by atoms with E-state index in [1.807, 2.05) is 26.0 Å². The molecule has 3 unspecified atom stereocenters. The molecule has 7 heteroatoms. The van der Waals surface area contributed by atoms with Crippen LogP contribution in [-0.4, -0.2) is 40.3 Å². The van der Waals surface area contributed by atoms with Gasteiger partial charge in [-0.3, -0.25) is 14.7 Å². The molecule has 4 heterocycles. The van der Waals surface area contributed by atoms with Crippen molar-refractivity contribution in [1.82, 2.24) is 9.88 Å². The molecule has 5 atom stereocenters. The van der Waals surface area contributed by atoms with Gasteiger partial charge >= 0.3 is 5.97 Å². The topological polar surface area (TPSA) is 71.9 Å². The van der Waals surface area contributed by atoms with Gasteiger partial charge in [0.15, 0.2) is 0 Å². The number of fused-ring (bicyclic) bond motifs is 2. The first-order valence-electron chi connectivity index (χ1n) is 15.5. The van der Waals surface area contributed by atoms with Crippen LogP contribution in [0.1, 0.15) is 79.0 Å². The Kier molecular flexibility index (Phi) is 7.27. The maximum absolute atomic E-state index is 15.1. The lowest BCUT2D eigenvalue weighted by atomic mass is 9.82. The number of likely N-dealkylation sites (tertiary alicyclic amines) is 1. The molecule has 3 aromatic rings. The van der Waals surface area contributed by atoms with Gasteiger partial charge in [0.1, 0.15) is 23.9 Å². The molecule has 1 aromatic heterocycles. The van der Waals surface area contributed by atoms with Crippen LogP contribution in [0.25, 0.3) is 11.1 Å². The highest BCUT2D eigenvalue weighted by Crippen LogP contribution is 2.48. The van der Waals surface area contributed by atoms with Crippen molar-refractivity contribution < 1.29 is 23.8 Å². The van der Waals surface area contributed by atoms with Crippen molar-refractivity contribution in [2.75, 3.05) is 13.2 Å². The van der Waals surface area contributed by atoms with Crippen LogP contribution < -0.4 is 4.74 Å². The van der Waals surface area contributed by atoms with Gasteiger partial charge in [-0.1, -0.05) is 37.3 Å². The van der Waals surface area contributed by atoms with E-state index in [0.717, 1.165) is 85.4 Å². The Labute approximate surface area is 246 Å². The fourth-order valence-electron chi connectivity index (χ4n) is 7.52. The number of pyridine rings is 1. The van der Waals surface area contributed by atoms with Gasteiger partial charge < -0.3 is 14.6 Å². The molecule has 220 valence electrons. The highest BCUT2D eigenvalue weighted by molar-refractivity contribution is 5.71. The minimum absolute atomic E-state index is 0.00321. The monoisotopic (exact) mass is 570 g/mol. The lowest BCUT2D eigenvalue weighted by Crippen LogP contribution is -2.31. The van der Waals surface area contributed by atoms with Gasteiger partial charge in [0.05, 0.1) is 12.1 Å². The zero-order chi connectivity index (χ0) is 29.0. The summed E-state index contributed by atoms with van der Waals surface area (Å²) < 4.78 is 27.9. The van der Waals surface area contributed by atoms with Crippen LogP contribution in [-0.2, 0) is 22.5 Å². The Morgan fingerprint density at radius 2 is 1.95 bits per heavy atom. The molecule has 0 amide bonds. The smallest absolute Gasteiger partial charge is 0.306 e. The Hall–Kier alpha value is -3.29. The van der Waals surface area contributed by atoms with Crippen LogP contribution >= 0.6 is 0 Å². The largest absolute Gasteiger partial charge is 0.485 e. The number of ether oxygens (including phenoxy) is 2. The molecule has 4 aliphatic rings. The maximum atomic E-state index is 15.1. The number of rotatable bonds is 8. The summed E-state index contributed by atoms with van der Waals surface area (Å²) in [5.41, 5.74) is 6.62. The second kappa shape index (κ2) is 11.1. The molecule has 42 heavy (non-hydrogen) atoms. The molecular formula is C35H39FN2O4. The first-order chi connectivity index (χ1) is 20.4. The molecule has 0 radical (unpaired) electrons. The number of aromatic nitrogens is 1. The molecule has 6 nitrogen and oxygen atoms in total. The second-order valence-electron chi connectivity index (χ2n) is 12.8. The maximum Gasteiger partial charge on any atom is 0.306 e. The lowest BCUT2D eigenvalue weighted by molar-refractivity contribution is -0.142. The van der Waals surface area contributed by atoms with Gasteiger partial charge in [-0.2, -0.15) is 0 Å². The molecule has 2 saturated heterocycles. The van der Waals surface area contributed by atoms with E-state index < -0.39 is 11.9 Å². The Balaban J connectivity index is 1.20. The van der Waals surface area contributed by atoms with Gasteiger partial charge in [-0.25, -0.2) is 4.39 Å². The van der Waals surface area contributed by atoms with E-state index in [4.69, 9.17) is 9.47 Å². The predicted molar refractivity (Wildman–Crippen MR) is 158 cm³/mol. The molecular weight excluding hydrogens is 531 g/mol. The van der Waals surface area contributed by atoms with E-state index in [1.165, 1.54) is 11.8 Å². The average Bonchev–Trinajstić information content (AvgIpc) is 3.58. The van der Waals surface area contributed by atoms with Crippen molar-refractivity contribution in [3.05, 3.63) is 82.4 Å². The van der Waals surface area contributed by atoms with E-state index >= 15 is 4.39 Å². The third-order valence-corrected chi connectivity index (χ3v) is 9.96. The van der Waals surface area contributed by atoms with Crippen LogP contribution in [0.2, 0.25) is 0 Å². The zero-order valence-corrected chi connectivity index (χ0v) is 24.4. The summed E-state index contributed by atoms with van der Waals surface area (Å²) in [7, 11) is 0. The van der Waals surface area contributed by atoms with E-state index in [0.29, 0.717) is 23.9 Å². The number of hydrogen-bond acceptors (Lipinski definition) is 5. The number of carboxylic acid groups (broad SMARTS) is 1. The molecule has 1 aliphatic carbocycles. The lowest BCUT2D eigenvalue weighted by Gasteiger charge is -2.30. The standard InChI is InChI=1S/C35H39FN2O4/c1-20-15-29(30(36)18-37-20)28-9-7-25(16-27(28)19-38-13-11-24-12-14-41-34(24)38)31-10-8-22-3-6-26(17-32(22)42-31)33(23-4-5-23)21(2)35(39)40/h3,6-7,9,15-18,21,23-24,31,33-34H,4-5,8,10-14,19H2,1-2H3,(H,39,40)/t21-,24?,31?,33-,34?/m0/s1. The van der Waals surface area contributed by atoms with Crippen LogP contribution in [0.15, 0.2) is 48.7 Å². The summed E-state index contributed by atoms with van der Waals surface area (Å²) in [4.78, 5) is 18.4. The minimum atomic E-state index is -0.746. The minimum Gasteiger partial charge on any atom is -0.485 e. The van der Waals surface area contributed by atoms with Crippen molar-refractivity contribution in [1.29, 1.82) is 0 Å². The molecule has 3 fully saturated rings. The second-order valence-corrected chi connectivity index (χ2v) is 12.8. The molecule has 7 rings (SSSR count). The van der Waals surface area contributed by atoms with Gasteiger partial charge in [-0.15, -0.1) is 0 Å². The summed E-state index contributed by atoms with van der Waals surface area (Å²) in [6.45, 7) is 6.19. The Bertz CT molecular complexity index is 1500. The number of carboxylic acids is 1. The summed E-state index contributed by atoms with van der Waals surface area (Å²) >= 11 is 0. The van der Waals surface area contributed by atoms with Crippen LogP contribution in [0.5, 0.6) is 5.75 Å². The quantitative estimate of drug-likeness (QED) is 0.313. The molecule has 2 aromatic carbocycles. The first kappa shape index (κ1) is 27.5. The van der Waals surface area contributed by atoms with Crippen LogP contribution in [0.4, 0.5) is 4.39 Å². The first-order valence-corrected chi connectivity index (χ1v) is 15.5. The number of aliphatic carboxylic acids is 1. The number of carbonyl (C=O) groups is 1. The Morgan fingerprint density at radius 1 is 1.10 bits per heavy atom. The third kappa shape index (κ3) is 5.22. The fraction of sp³-hybridized carbons (Fsp3) is 0.486. The molecule has 0 bridgehead atoms. The van der Waals surface area contributed by atoms with Crippen molar-refractivity contribution >= 4 is 5.97 Å². The third-order valence-electron chi connectivity index (χ3n) is 9.96. The number of aryl methyl sites for hydroxylation is 2. The van der Waals surface area contributed by atoms with Crippen LogP contribution in [0.3, 0.4) is 0 Å². The number of hydrogen-bond donors (Lipinski definition) is 1. The molecule has 1 saturated carbocycles. The van der Waals surface area contributed by atoms with E-state index in [9.17, 15) is 9.90 Å². The van der Waals surface area contributed by atoms with Crippen molar-refractivity contribution in [2.45, 2.75) is 77.2 Å². The molecule has 0 spiro atoms. The Morgan fingerprint density at radius 3 is 2.76 bits per heavy atom. The number of benzene rings is 2. The van der Waals surface area contributed by atoms with Gasteiger partial charge in [-0.05, 0) is 97.2 Å². The molecule has 3 aliphatic heterocycles. The van der Waals surface area contributed by atoms with E-state index in [2.05, 4.69) is 40.2 Å². The van der Waals surface area contributed by atoms with Gasteiger partial charge in [0.2, 0.25) is 0 Å².